The van der Waals surface area contributed by atoms with E-state index in [0.717, 1.165) is 5.33 Å². The summed E-state index contributed by atoms with van der Waals surface area (Å²) in [4.78, 5) is 12.0. The average molecular weight is 411 g/mol. The van der Waals surface area contributed by atoms with Crippen LogP contribution in [0.5, 0.6) is 5.75 Å². The standard InChI is InChI=1S/C11H13Br2N3O2S/c12-5-7(13)6-14-11(19)16-15-10(18)8-3-1-2-4-9(8)17/h1-4,7,17H,5-6H2,(H,15,18)(H2,14,16,19)/t7-/m0/s1. The third kappa shape index (κ3) is 5.75. The summed E-state index contributed by atoms with van der Waals surface area (Å²) in [6, 6.07) is 6.26. The zero-order valence-electron chi connectivity index (χ0n) is 9.82. The lowest BCUT2D eigenvalue weighted by Gasteiger charge is -2.13. The van der Waals surface area contributed by atoms with Crippen molar-refractivity contribution in [1.29, 1.82) is 0 Å². The van der Waals surface area contributed by atoms with Crippen LogP contribution in [0.25, 0.3) is 0 Å². The Morgan fingerprint density at radius 1 is 1.37 bits per heavy atom. The molecule has 1 aromatic carbocycles. The smallest absolute Gasteiger partial charge is 0.273 e. The minimum absolute atomic E-state index is 0.0829. The van der Waals surface area contributed by atoms with Gasteiger partial charge in [0.1, 0.15) is 5.75 Å². The third-order valence-electron chi connectivity index (χ3n) is 2.09. The number of rotatable bonds is 4. The molecule has 8 heteroatoms. The number of hydrazine groups is 1. The molecule has 1 rings (SSSR count). The molecule has 0 bridgehead atoms. The van der Waals surface area contributed by atoms with E-state index in [2.05, 4.69) is 48.0 Å². The Hall–Kier alpha value is -0.860. The van der Waals surface area contributed by atoms with Crippen molar-refractivity contribution in [3.63, 3.8) is 0 Å². The fraction of sp³-hybridized carbons (Fsp3) is 0.273. The molecule has 0 aliphatic heterocycles. The summed E-state index contributed by atoms with van der Waals surface area (Å²) < 4.78 is 0. The predicted molar refractivity (Wildman–Crippen MR) is 85.8 cm³/mol. The van der Waals surface area contributed by atoms with Crippen LogP contribution in [0.1, 0.15) is 10.4 Å². The van der Waals surface area contributed by atoms with E-state index in [1.807, 2.05) is 0 Å². The molecule has 0 heterocycles. The molecule has 0 aliphatic carbocycles. The molecule has 0 fully saturated rings. The molecule has 0 saturated carbocycles. The molecule has 0 saturated heterocycles. The maximum Gasteiger partial charge on any atom is 0.273 e. The molecule has 19 heavy (non-hydrogen) atoms. The summed E-state index contributed by atoms with van der Waals surface area (Å²) in [6.07, 6.45) is 0. The number of phenolic OH excluding ortho intramolecular Hbond substituents is 1. The molecule has 5 nitrogen and oxygen atoms in total. The van der Waals surface area contributed by atoms with Crippen LogP contribution >= 0.6 is 44.1 Å². The van der Waals surface area contributed by atoms with E-state index in [9.17, 15) is 9.90 Å². The fourth-order valence-electron chi connectivity index (χ4n) is 1.15. The minimum Gasteiger partial charge on any atom is -0.507 e. The number of benzene rings is 1. The first-order valence-electron chi connectivity index (χ1n) is 5.36. The lowest BCUT2D eigenvalue weighted by atomic mass is 10.2. The van der Waals surface area contributed by atoms with Gasteiger partial charge in [-0.3, -0.25) is 15.6 Å². The lowest BCUT2D eigenvalue weighted by Crippen LogP contribution is -2.48. The predicted octanol–water partition coefficient (Wildman–Crippen LogP) is 1.66. The van der Waals surface area contributed by atoms with E-state index < -0.39 is 5.91 Å². The monoisotopic (exact) mass is 409 g/mol. The second kappa shape index (κ2) is 8.34. The van der Waals surface area contributed by atoms with Crippen LogP contribution < -0.4 is 16.2 Å². The first-order valence-corrected chi connectivity index (χ1v) is 7.81. The van der Waals surface area contributed by atoms with Gasteiger partial charge in [0.2, 0.25) is 0 Å². The van der Waals surface area contributed by atoms with E-state index in [-0.39, 0.29) is 16.1 Å². The highest BCUT2D eigenvalue weighted by Gasteiger charge is 2.10. The van der Waals surface area contributed by atoms with Crippen LogP contribution in [0.15, 0.2) is 24.3 Å². The largest absolute Gasteiger partial charge is 0.507 e. The number of carbonyl (C=O) groups excluding carboxylic acids is 1. The molecular weight excluding hydrogens is 398 g/mol. The van der Waals surface area contributed by atoms with Crippen molar-refractivity contribution in [3.05, 3.63) is 29.8 Å². The zero-order valence-corrected chi connectivity index (χ0v) is 13.8. The minimum atomic E-state index is -0.460. The highest BCUT2D eigenvalue weighted by molar-refractivity contribution is 9.12. The highest BCUT2D eigenvalue weighted by atomic mass is 79.9. The molecule has 1 atom stereocenters. The van der Waals surface area contributed by atoms with Crippen LogP contribution in [-0.4, -0.2) is 32.8 Å². The van der Waals surface area contributed by atoms with Gasteiger partial charge in [-0.05, 0) is 24.4 Å². The summed E-state index contributed by atoms with van der Waals surface area (Å²) in [5.74, 6) is -0.543. The number of hydrogen-bond acceptors (Lipinski definition) is 3. The first kappa shape index (κ1) is 16.2. The Morgan fingerprint density at radius 2 is 2.05 bits per heavy atom. The van der Waals surface area contributed by atoms with E-state index in [1.54, 1.807) is 12.1 Å². The topological polar surface area (TPSA) is 73.4 Å². The molecule has 1 amide bonds. The van der Waals surface area contributed by atoms with Crippen molar-refractivity contribution in [3.8, 4) is 5.75 Å². The molecular formula is C11H13Br2N3O2S. The van der Waals surface area contributed by atoms with Crippen LogP contribution in [0.4, 0.5) is 0 Å². The average Bonchev–Trinajstić information content (AvgIpc) is 2.42. The molecule has 1 aromatic rings. The molecule has 104 valence electrons. The Kier molecular flexibility index (Phi) is 7.11. The number of halogens is 2. The Bertz CT molecular complexity index is 459. The van der Waals surface area contributed by atoms with Gasteiger partial charge in [-0.15, -0.1) is 0 Å². The molecule has 0 radical (unpaired) electrons. The van der Waals surface area contributed by atoms with E-state index in [4.69, 9.17) is 12.2 Å². The highest BCUT2D eigenvalue weighted by Crippen LogP contribution is 2.14. The van der Waals surface area contributed by atoms with Gasteiger partial charge >= 0.3 is 0 Å². The number of phenols is 1. The van der Waals surface area contributed by atoms with Crippen LogP contribution in [0, 0.1) is 0 Å². The summed E-state index contributed by atoms with van der Waals surface area (Å²) in [5.41, 5.74) is 5.14. The Morgan fingerprint density at radius 3 is 2.68 bits per heavy atom. The van der Waals surface area contributed by atoms with Crippen molar-refractivity contribution >= 4 is 55.1 Å². The first-order chi connectivity index (χ1) is 9.04. The maximum absolute atomic E-state index is 11.7. The van der Waals surface area contributed by atoms with Crippen LogP contribution in [0.3, 0.4) is 0 Å². The normalized spacial score (nSPS) is 11.5. The van der Waals surface area contributed by atoms with Crippen molar-refractivity contribution in [2.45, 2.75) is 4.83 Å². The second-order valence-corrected chi connectivity index (χ2v) is 5.91. The van der Waals surface area contributed by atoms with Crippen molar-refractivity contribution in [2.24, 2.45) is 0 Å². The van der Waals surface area contributed by atoms with Gasteiger partial charge in [-0.2, -0.15) is 0 Å². The fourth-order valence-corrected chi connectivity index (χ4v) is 1.67. The molecule has 4 N–H and O–H groups in total. The third-order valence-corrected chi connectivity index (χ3v) is 4.63. The summed E-state index contributed by atoms with van der Waals surface area (Å²) in [6.45, 7) is 0.615. The molecule has 0 aliphatic rings. The molecule has 0 aromatic heterocycles. The number of para-hydroxylation sites is 1. The maximum atomic E-state index is 11.7. The summed E-state index contributed by atoms with van der Waals surface area (Å²) in [5, 5.41) is 13.5. The van der Waals surface area contributed by atoms with Crippen LogP contribution in [0.2, 0.25) is 0 Å². The quantitative estimate of drug-likeness (QED) is 0.345. The number of aromatic hydroxyl groups is 1. The van der Waals surface area contributed by atoms with Crippen molar-refractivity contribution in [2.75, 3.05) is 11.9 Å². The number of nitrogens with one attached hydrogen (secondary N) is 3. The van der Waals surface area contributed by atoms with Crippen molar-refractivity contribution < 1.29 is 9.90 Å². The van der Waals surface area contributed by atoms with E-state index in [1.165, 1.54) is 12.1 Å². The lowest BCUT2D eigenvalue weighted by molar-refractivity contribution is 0.0941. The van der Waals surface area contributed by atoms with Crippen LogP contribution in [-0.2, 0) is 0 Å². The summed E-state index contributed by atoms with van der Waals surface area (Å²) in [7, 11) is 0. The molecule has 0 spiro atoms. The SMILES string of the molecule is O=C(NNC(=S)NC[C@@H](Br)CBr)c1ccccc1O. The van der Waals surface area contributed by atoms with Crippen molar-refractivity contribution in [1.82, 2.24) is 16.2 Å². The van der Waals surface area contributed by atoms with Gasteiger partial charge in [0.05, 0.1) is 5.56 Å². The number of carbonyl (C=O) groups is 1. The van der Waals surface area contributed by atoms with E-state index >= 15 is 0 Å². The van der Waals surface area contributed by atoms with Gasteiger partial charge < -0.3 is 10.4 Å². The van der Waals surface area contributed by atoms with Gasteiger partial charge in [0, 0.05) is 16.7 Å². The second-order valence-electron chi connectivity index (χ2n) is 3.56. The number of thiocarbonyl (C=S) groups is 1. The van der Waals surface area contributed by atoms with Gasteiger partial charge in [-0.1, -0.05) is 44.0 Å². The zero-order chi connectivity index (χ0) is 14.3. The van der Waals surface area contributed by atoms with E-state index in [0.29, 0.717) is 11.7 Å². The Labute approximate surface area is 133 Å². The van der Waals surface area contributed by atoms with Gasteiger partial charge in [-0.25, -0.2) is 0 Å². The number of amides is 1. The van der Waals surface area contributed by atoms with Gasteiger partial charge in [0.15, 0.2) is 5.11 Å². The summed E-state index contributed by atoms with van der Waals surface area (Å²) >= 11 is 11.7. The Balaban J connectivity index is 2.38. The van der Waals surface area contributed by atoms with Gasteiger partial charge in [0.25, 0.3) is 5.91 Å². The number of hydrogen-bond donors (Lipinski definition) is 4. The number of alkyl halides is 2. The molecule has 0 unspecified atom stereocenters.